The molecule has 0 fully saturated rings. The van der Waals surface area contributed by atoms with Crippen LogP contribution in [0.3, 0.4) is 0 Å². The molecule has 0 radical (unpaired) electrons. The van der Waals surface area contributed by atoms with Gasteiger partial charge >= 0.3 is 0 Å². The topological polar surface area (TPSA) is 38.7 Å². The molecule has 0 spiro atoms. The number of hydrogen-bond acceptors (Lipinski definition) is 3. The summed E-state index contributed by atoms with van der Waals surface area (Å²) < 4.78 is 18.5. The molecule has 1 aliphatic rings. The first-order valence-electron chi connectivity index (χ1n) is 6.93. The molecular formula is C18H14FNO2. The minimum absolute atomic E-state index is 0.0640. The van der Waals surface area contributed by atoms with Gasteiger partial charge < -0.3 is 4.74 Å². The third-order valence-electron chi connectivity index (χ3n) is 3.24. The first-order valence-corrected chi connectivity index (χ1v) is 6.93. The van der Waals surface area contributed by atoms with Crippen LogP contribution < -0.4 is 4.74 Å². The smallest absolute Gasteiger partial charge is 0.163 e. The number of allylic oxidation sites excluding steroid dienone is 1. The van der Waals surface area contributed by atoms with Crippen molar-refractivity contribution in [3.05, 3.63) is 66.0 Å². The predicted molar refractivity (Wildman–Crippen MR) is 83.6 cm³/mol. The summed E-state index contributed by atoms with van der Waals surface area (Å²) in [7, 11) is 0. The van der Waals surface area contributed by atoms with Crippen LogP contribution >= 0.6 is 0 Å². The van der Waals surface area contributed by atoms with E-state index in [4.69, 9.17) is 4.74 Å². The molecule has 3 nitrogen and oxygen atoms in total. The molecule has 22 heavy (non-hydrogen) atoms. The summed E-state index contributed by atoms with van der Waals surface area (Å²) in [6.45, 7) is 1.84. The van der Waals surface area contributed by atoms with E-state index in [-0.39, 0.29) is 11.6 Å². The Morgan fingerprint density at radius 1 is 1.00 bits per heavy atom. The van der Waals surface area contributed by atoms with Crippen molar-refractivity contribution in [1.82, 2.24) is 0 Å². The van der Waals surface area contributed by atoms with Gasteiger partial charge in [-0.15, -0.1) is 0 Å². The number of ether oxygens (including phenoxy) is 1. The number of aliphatic imine (C=N–C) groups is 1. The normalized spacial score (nSPS) is 14.4. The van der Waals surface area contributed by atoms with Gasteiger partial charge in [0.1, 0.15) is 17.3 Å². The van der Waals surface area contributed by atoms with Crippen molar-refractivity contribution in [2.24, 2.45) is 4.99 Å². The number of nitrogens with zero attached hydrogens (tertiary/aromatic N) is 1. The molecule has 110 valence electrons. The summed E-state index contributed by atoms with van der Waals surface area (Å²) in [5.74, 6) is 0.966. The lowest BCUT2D eigenvalue weighted by atomic mass is 10.1. The fourth-order valence-electron chi connectivity index (χ4n) is 2.21. The van der Waals surface area contributed by atoms with Crippen LogP contribution in [0, 0.1) is 5.82 Å². The summed E-state index contributed by atoms with van der Waals surface area (Å²) in [5, 5.41) is 0. The molecule has 0 aromatic heterocycles. The van der Waals surface area contributed by atoms with Crippen molar-refractivity contribution in [1.29, 1.82) is 0 Å². The standard InChI is InChI=1S/C18H14FNO2/c1-12-10-15(21)11-18(20-12)13-2-6-16(7-3-13)22-17-8-4-14(19)5-9-17/h2-9,11H,10H2,1H3. The first kappa shape index (κ1) is 14.2. The van der Waals surface area contributed by atoms with Crippen LogP contribution in [-0.4, -0.2) is 11.5 Å². The molecular weight excluding hydrogens is 281 g/mol. The summed E-state index contributed by atoms with van der Waals surface area (Å²) in [5.41, 5.74) is 2.34. The van der Waals surface area contributed by atoms with Crippen LogP contribution in [-0.2, 0) is 4.79 Å². The largest absolute Gasteiger partial charge is 0.457 e. The Morgan fingerprint density at radius 2 is 1.59 bits per heavy atom. The molecule has 0 unspecified atom stereocenters. The van der Waals surface area contributed by atoms with E-state index in [9.17, 15) is 9.18 Å². The van der Waals surface area contributed by atoms with E-state index in [1.165, 1.54) is 12.1 Å². The number of carbonyl (C=O) groups excluding carboxylic acids is 1. The van der Waals surface area contributed by atoms with Gasteiger partial charge in [0, 0.05) is 23.8 Å². The van der Waals surface area contributed by atoms with Crippen molar-refractivity contribution in [2.45, 2.75) is 13.3 Å². The van der Waals surface area contributed by atoms with Gasteiger partial charge in [0.15, 0.2) is 5.78 Å². The number of carbonyl (C=O) groups is 1. The molecule has 0 N–H and O–H groups in total. The molecule has 2 aromatic rings. The zero-order valence-electron chi connectivity index (χ0n) is 12.0. The maximum Gasteiger partial charge on any atom is 0.163 e. The molecule has 2 aromatic carbocycles. The highest BCUT2D eigenvalue weighted by molar-refractivity contribution is 6.13. The summed E-state index contributed by atoms with van der Waals surface area (Å²) in [6, 6.07) is 13.1. The molecule has 0 bridgehead atoms. The van der Waals surface area contributed by atoms with E-state index >= 15 is 0 Å². The highest BCUT2D eigenvalue weighted by atomic mass is 19.1. The SMILES string of the molecule is CC1=NC(c2ccc(Oc3ccc(F)cc3)cc2)=CC(=O)C1. The number of hydrogen-bond donors (Lipinski definition) is 0. The minimum Gasteiger partial charge on any atom is -0.457 e. The summed E-state index contributed by atoms with van der Waals surface area (Å²) >= 11 is 0. The molecule has 4 heteroatoms. The molecule has 0 atom stereocenters. The number of halogens is 1. The lowest BCUT2D eigenvalue weighted by molar-refractivity contribution is -0.113. The summed E-state index contributed by atoms with van der Waals surface area (Å²) in [6.07, 6.45) is 1.94. The van der Waals surface area contributed by atoms with E-state index in [0.717, 1.165) is 11.3 Å². The quantitative estimate of drug-likeness (QED) is 0.842. The molecule has 0 amide bonds. The minimum atomic E-state index is -0.301. The molecule has 0 aliphatic carbocycles. The number of ketones is 1. The highest BCUT2D eigenvalue weighted by Gasteiger charge is 2.12. The van der Waals surface area contributed by atoms with Crippen molar-refractivity contribution >= 4 is 17.2 Å². The van der Waals surface area contributed by atoms with Crippen LogP contribution in [0.5, 0.6) is 11.5 Å². The zero-order chi connectivity index (χ0) is 15.5. The molecule has 1 heterocycles. The maximum absolute atomic E-state index is 12.8. The zero-order valence-corrected chi connectivity index (χ0v) is 12.0. The number of rotatable bonds is 3. The second-order valence-corrected chi connectivity index (χ2v) is 5.10. The van der Waals surface area contributed by atoms with Crippen molar-refractivity contribution < 1.29 is 13.9 Å². The van der Waals surface area contributed by atoms with E-state index in [1.54, 1.807) is 30.3 Å². The van der Waals surface area contributed by atoms with E-state index < -0.39 is 0 Å². The van der Waals surface area contributed by atoms with Crippen LogP contribution in [0.4, 0.5) is 4.39 Å². The lowest BCUT2D eigenvalue weighted by Crippen LogP contribution is -2.07. The maximum atomic E-state index is 12.8. The summed E-state index contributed by atoms with van der Waals surface area (Å²) in [4.78, 5) is 16.0. The Bertz CT molecular complexity index is 759. The van der Waals surface area contributed by atoms with Gasteiger partial charge in [0.05, 0.1) is 5.70 Å². The van der Waals surface area contributed by atoms with Gasteiger partial charge in [-0.1, -0.05) is 0 Å². The molecule has 0 saturated heterocycles. The third kappa shape index (κ3) is 3.28. The van der Waals surface area contributed by atoms with Crippen molar-refractivity contribution in [2.75, 3.05) is 0 Å². The van der Waals surface area contributed by atoms with Gasteiger partial charge in [-0.25, -0.2) is 4.39 Å². The van der Waals surface area contributed by atoms with Crippen molar-refractivity contribution in [3.63, 3.8) is 0 Å². The van der Waals surface area contributed by atoms with Gasteiger partial charge in [0.2, 0.25) is 0 Å². The Labute approximate surface area is 127 Å². The second-order valence-electron chi connectivity index (χ2n) is 5.10. The third-order valence-corrected chi connectivity index (χ3v) is 3.24. The Kier molecular flexibility index (Phi) is 3.83. The number of benzene rings is 2. The Balaban J connectivity index is 1.78. The lowest BCUT2D eigenvalue weighted by Gasteiger charge is -2.10. The van der Waals surface area contributed by atoms with Crippen molar-refractivity contribution in [3.8, 4) is 11.5 Å². The monoisotopic (exact) mass is 295 g/mol. The van der Waals surface area contributed by atoms with Gasteiger partial charge in [-0.2, -0.15) is 0 Å². The van der Waals surface area contributed by atoms with E-state index in [2.05, 4.69) is 4.99 Å². The Morgan fingerprint density at radius 3 is 2.18 bits per heavy atom. The molecule has 1 aliphatic heterocycles. The van der Waals surface area contributed by atoms with Gasteiger partial charge in [-0.05, 0) is 55.5 Å². The fraction of sp³-hybridized carbons (Fsp3) is 0.111. The fourth-order valence-corrected chi connectivity index (χ4v) is 2.21. The molecule has 0 saturated carbocycles. The van der Waals surface area contributed by atoms with E-state index in [0.29, 0.717) is 23.6 Å². The van der Waals surface area contributed by atoms with Crippen LogP contribution in [0.1, 0.15) is 18.9 Å². The van der Waals surface area contributed by atoms with Gasteiger partial charge in [0.25, 0.3) is 0 Å². The average Bonchev–Trinajstić information content (AvgIpc) is 2.49. The predicted octanol–water partition coefficient (Wildman–Crippen LogP) is 4.39. The van der Waals surface area contributed by atoms with Crippen LogP contribution in [0.15, 0.2) is 59.6 Å². The average molecular weight is 295 g/mol. The highest BCUT2D eigenvalue weighted by Crippen LogP contribution is 2.26. The molecule has 3 rings (SSSR count). The van der Waals surface area contributed by atoms with Crippen LogP contribution in [0.25, 0.3) is 5.70 Å². The Hall–Kier alpha value is -2.75. The second kappa shape index (κ2) is 5.93. The first-order chi connectivity index (χ1) is 10.6. The van der Waals surface area contributed by atoms with Crippen LogP contribution in [0.2, 0.25) is 0 Å². The van der Waals surface area contributed by atoms with Gasteiger partial charge in [-0.3, -0.25) is 9.79 Å². The van der Waals surface area contributed by atoms with E-state index in [1.807, 2.05) is 19.1 Å².